The molecule has 1 amide bonds. The van der Waals surface area contributed by atoms with Crippen molar-refractivity contribution in [3.8, 4) is 0 Å². The third-order valence-electron chi connectivity index (χ3n) is 4.27. The second kappa shape index (κ2) is 6.89. The summed E-state index contributed by atoms with van der Waals surface area (Å²) < 4.78 is 0. The number of amides is 1. The lowest BCUT2D eigenvalue weighted by Crippen LogP contribution is -2.41. The molecule has 1 atom stereocenters. The molecule has 1 unspecified atom stereocenters. The Morgan fingerprint density at radius 3 is 2.45 bits per heavy atom. The number of carbonyl (C=O) groups excluding carboxylic acids is 1. The molecule has 1 aromatic carbocycles. The van der Waals surface area contributed by atoms with Crippen LogP contribution in [0.4, 0.5) is 0 Å². The first kappa shape index (κ1) is 15.0. The molecule has 0 aliphatic carbocycles. The van der Waals surface area contributed by atoms with Crippen LogP contribution in [0.25, 0.3) is 0 Å². The summed E-state index contributed by atoms with van der Waals surface area (Å²) in [5.41, 5.74) is 2.58. The summed E-state index contributed by atoms with van der Waals surface area (Å²) in [7, 11) is 0. The second-order valence-corrected chi connectivity index (χ2v) is 6.08. The maximum absolute atomic E-state index is 11.2. The summed E-state index contributed by atoms with van der Waals surface area (Å²) in [5, 5.41) is 2.99. The van der Waals surface area contributed by atoms with E-state index in [1.54, 1.807) is 6.92 Å². The summed E-state index contributed by atoms with van der Waals surface area (Å²) in [6, 6.07) is 9.00. The molecule has 110 valence electrons. The normalized spacial score (nSPS) is 18.8. The topological polar surface area (TPSA) is 32.3 Å². The molecule has 2 rings (SSSR count). The van der Waals surface area contributed by atoms with Crippen LogP contribution < -0.4 is 5.32 Å². The molecule has 0 saturated carbocycles. The van der Waals surface area contributed by atoms with E-state index >= 15 is 0 Å². The van der Waals surface area contributed by atoms with E-state index in [-0.39, 0.29) is 5.91 Å². The fraction of sp³-hybridized carbons (Fsp3) is 0.588. The summed E-state index contributed by atoms with van der Waals surface area (Å²) in [6.07, 6.45) is 2.50. The van der Waals surface area contributed by atoms with Crippen LogP contribution in [0.3, 0.4) is 0 Å². The van der Waals surface area contributed by atoms with Crippen molar-refractivity contribution < 1.29 is 4.79 Å². The summed E-state index contributed by atoms with van der Waals surface area (Å²) in [4.78, 5) is 13.8. The Balaban J connectivity index is 2.11. The molecule has 1 heterocycles. The van der Waals surface area contributed by atoms with Crippen LogP contribution in [0, 0.1) is 12.8 Å². The number of nitrogens with zero attached hydrogens (tertiary/aromatic N) is 1. The Kier molecular flexibility index (Phi) is 5.18. The maximum atomic E-state index is 11.2. The number of carbonyl (C=O) groups is 1. The van der Waals surface area contributed by atoms with E-state index in [0.717, 1.165) is 19.0 Å². The summed E-state index contributed by atoms with van der Waals surface area (Å²) in [5.74, 6) is 0.873. The Hall–Kier alpha value is -1.35. The number of hydrogen-bond acceptors (Lipinski definition) is 2. The highest BCUT2D eigenvalue weighted by atomic mass is 16.1. The van der Waals surface area contributed by atoms with Crippen molar-refractivity contribution in [2.45, 2.75) is 39.7 Å². The van der Waals surface area contributed by atoms with E-state index in [1.807, 2.05) is 0 Å². The van der Waals surface area contributed by atoms with Crippen molar-refractivity contribution in [1.82, 2.24) is 10.2 Å². The number of piperidine rings is 1. The smallest absolute Gasteiger partial charge is 0.216 e. The first-order valence-corrected chi connectivity index (χ1v) is 7.61. The van der Waals surface area contributed by atoms with Crippen LogP contribution in [0.15, 0.2) is 24.3 Å². The zero-order valence-corrected chi connectivity index (χ0v) is 12.9. The van der Waals surface area contributed by atoms with Crippen LogP contribution in [0.2, 0.25) is 0 Å². The minimum atomic E-state index is 0.0486. The monoisotopic (exact) mass is 274 g/mol. The lowest BCUT2D eigenvalue weighted by Gasteiger charge is -2.37. The van der Waals surface area contributed by atoms with Crippen LogP contribution in [0.5, 0.6) is 0 Å². The van der Waals surface area contributed by atoms with E-state index in [1.165, 1.54) is 24.0 Å². The Morgan fingerprint density at radius 2 is 1.90 bits per heavy atom. The van der Waals surface area contributed by atoms with E-state index in [0.29, 0.717) is 12.6 Å². The number of nitrogens with one attached hydrogen (secondary N) is 1. The van der Waals surface area contributed by atoms with Gasteiger partial charge in [0.1, 0.15) is 0 Å². The lowest BCUT2D eigenvalue weighted by molar-refractivity contribution is -0.119. The van der Waals surface area contributed by atoms with Gasteiger partial charge in [0.2, 0.25) is 5.91 Å². The molecule has 0 aromatic heterocycles. The number of hydrogen-bond donors (Lipinski definition) is 1. The highest BCUT2D eigenvalue weighted by Crippen LogP contribution is 2.26. The van der Waals surface area contributed by atoms with Crippen molar-refractivity contribution in [2.24, 2.45) is 5.92 Å². The van der Waals surface area contributed by atoms with Gasteiger partial charge in [-0.3, -0.25) is 9.69 Å². The highest BCUT2D eigenvalue weighted by Gasteiger charge is 2.24. The lowest BCUT2D eigenvalue weighted by atomic mass is 9.95. The Morgan fingerprint density at radius 1 is 1.30 bits per heavy atom. The number of rotatable bonds is 4. The van der Waals surface area contributed by atoms with Crippen molar-refractivity contribution in [3.05, 3.63) is 35.4 Å². The highest BCUT2D eigenvalue weighted by molar-refractivity contribution is 5.72. The zero-order chi connectivity index (χ0) is 14.5. The van der Waals surface area contributed by atoms with Gasteiger partial charge in [0, 0.05) is 13.5 Å². The second-order valence-electron chi connectivity index (χ2n) is 6.08. The zero-order valence-electron chi connectivity index (χ0n) is 12.9. The third-order valence-corrected chi connectivity index (χ3v) is 4.27. The van der Waals surface area contributed by atoms with E-state index in [9.17, 15) is 4.79 Å². The molecule has 1 saturated heterocycles. The molecule has 1 aliphatic rings. The fourth-order valence-electron chi connectivity index (χ4n) is 2.83. The average molecular weight is 274 g/mol. The molecule has 1 fully saturated rings. The maximum Gasteiger partial charge on any atom is 0.216 e. The molecule has 0 spiro atoms. The first-order chi connectivity index (χ1) is 9.56. The van der Waals surface area contributed by atoms with Crippen molar-refractivity contribution in [1.29, 1.82) is 0 Å². The molecule has 3 heteroatoms. The van der Waals surface area contributed by atoms with Gasteiger partial charge in [-0.2, -0.15) is 0 Å². The fourth-order valence-corrected chi connectivity index (χ4v) is 2.83. The largest absolute Gasteiger partial charge is 0.354 e. The molecule has 20 heavy (non-hydrogen) atoms. The molecular weight excluding hydrogens is 248 g/mol. The minimum absolute atomic E-state index is 0.0486. The molecular formula is C17H26N2O. The predicted molar refractivity (Wildman–Crippen MR) is 82.6 cm³/mol. The summed E-state index contributed by atoms with van der Waals surface area (Å²) in [6.45, 7) is 8.97. The average Bonchev–Trinajstić information content (AvgIpc) is 2.42. The van der Waals surface area contributed by atoms with Crippen molar-refractivity contribution in [3.63, 3.8) is 0 Å². The molecule has 0 bridgehead atoms. The van der Waals surface area contributed by atoms with Gasteiger partial charge in [-0.1, -0.05) is 36.8 Å². The van der Waals surface area contributed by atoms with E-state index in [2.05, 4.69) is 48.3 Å². The van der Waals surface area contributed by atoms with Crippen LogP contribution >= 0.6 is 0 Å². The Labute approximate surface area is 122 Å². The van der Waals surface area contributed by atoms with Crippen LogP contribution in [-0.4, -0.2) is 30.4 Å². The summed E-state index contributed by atoms with van der Waals surface area (Å²) >= 11 is 0. The molecule has 1 N–H and O–H groups in total. The third kappa shape index (κ3) is 4.07. The van der Waals surface area contributed by atoms with Gasteiger partial charge in [-0.15, -0.1) is 0 Å². The first-order valence-electron chi connectivity index (χ1n) is 7.61. The van der Waals surface area contributed by atoms with Crippen LogP contribution in [-0.2, 0) is 4.79 Å². The van der Waals surface area contributed by atoms with Gasteiger partial charge in [-0.25, -0.2) is 0 Å². The SMILES string of the molecule is CC(=O)NCC(c1ccc(C)cc1)N1CCC(C)CC1. The van der Waals surface area contributed by atoms with Crippen molar-refractivity contribution in [2.75, 3.05) is 19.6 Å². The van der Waals surface area contributed by atoms with Gasteiger partial charge < -0.3 is 5.32 Å². The standard InChI is InChI=1S/C17H26N2O/c1-13-4-6-16(7-5-13)17(12-18-15(3)20)19-10-8-14(2)9-11-19/h4-7,14,17H,8-12H2,1-3H3,(H,18,20). The van der Waals surface area contributed by atoms with Gasteiger partial charge in [0.25, 0.3) is 0 Å². The van der Waals surface area contributed by atoms with Gasteiger partial charge in [0.05, 0.1) is 6.04 Å². The van der Waals surface area contributed by atoms with E-state index < -0.39 is 0 Å². The molecule has 1 aliphatic heterocycles. The Bertz CT molecular complexity index is 433. The minimum Gasteiger partial charge on any atom is -0.354 e. The van der Waals surface area contributed by atoms with Gasteiger partial charge >= 0.3 is 0 Å². The number of likely N-dealkylation sites (tertiary alicyclic amines) is 1. The predicted octanol–water partition coefficient (Wildman–Crippen LogP) is 2.90. The molecule has 3 nitrogen and oxygen atoms in total. The van der Waals surface area contributed by atoms with Gasteiger partial charge in [0.15, 0.2) is 0 Å². The molecule has 0 radical (unpaired) electrons. The number of benzene rings is 1. The van der Waals surface area contributed by atoms with Crippen molar-refractivity contribution >= 4 is 5.91 Å². The van der Waals surface area contributed by atoms with Gasteiger partial charge in [-0.05, 0) is 44.3 Å². The number of aryl methyl sites for hydroxylation is 1. The molecule has 1 aromatic rings. The van der Waals surface area contributed by atoms with Crippen LogP contribution in [0.1, 0.15) is 43.9 Å². The van der Waals surface area contributed by atoms with E-state index in [4.69, 9.17) is 0 Å². The quantitative estimate of drug-likeness (QED) is 0.915.